The standard InChI is InChI=1S/C15H21N3O/c1-11-4-7-17-14(9-11)15(19)18-8-5-13-12(10-18)3-2-6-16-13/h2-3,6,11,14,17H,4-5,7-10H2,1H3. The van der Waals surface area contributed by atoms with Crippen molar-refractivity contribution in [2.24, 2.45) is 5.92 Å². The number of fused-ring (bicyclic) bond motifs is 1. The molecule has 2 aliphatic rings. The summed E-state index contributed by atoms with van der Waals surface area (Å²) in [6.07, 6.45) is 4.86. The Bertz CT molecular complexity index is 474. The predicted molar refractivity (Wildman–Crippen MR) is 73.5 cm³/mol. The van der Waals surface area contributed by atoms with E-state index in [1.165, 1.54) is 12.0 Å². The first-order valence-electron chi connectivity index (χ1n) is 7.19. The maximum Gasteiger partial charge on any atom is 0.240 e. The molecule has 0 bridgehead atoms. The summed E-state index contributed by atoms with van der Waals surface area (Å²) < 4.78 is 0. The van der Waals surface area contributed by atoms with Crippen molar-refractivity contribution in [1.29, 1.82) is 0 Å². The SMILES string of the molecule is CC1CCNC(C(=O)N2CCc3ncccc3C2)C1. The van der Waals surface area contributed by atoms with Gasteiger partial charge in [-0.2, -0.15) is 0 Å². The van der Waals surface area contributed by atoms with Crippen molar-refractivity contribution >= 4 is 5.91 Å². The van der Waals surface area contributed by atoms with E-state index in [2.05, 4.69) is 23.3 Å². The number of nitrogens with one attached hydrogen (secondary N) is 1. The number of hydrogen-bond acceptors (Lipinski definition) is 3. The monoisotopic (exact) mass is 259 g/mol. The van der Waals surface area contributed by atoms with Gasteiger partial charge in [0.1, 0.15) is 0 Å². The zero-order valence-electron chi connectivity index (χ0n) is 11.4. The van der Waals surface area contributed by atoms with Crippen molar-refractivity contribution < 1.29 is 4.79 Å². The second-order valence-corrected chi connectivity index (χ2v) is 5.76. The summed E-state index contributed by atoms with van der Waals surface area (Å²) >= 11 is 0. The van der Waals surface area contributed by atoms with E-state index in [1.807, 2.05) is 17.2 Å². The molecule has 2 atom stereocenters. The van der Waals surface area contributed by atoms with Crippen LogP contribution in [-0.2, 0) is 17.8 Å². The molecule has 3 rings (SSSR count). The molecule has 1 amide bonds. The van der Waals surface area contributed by atoms with E-state index in [1.54, 1.807) is 0 Å². The number of nitrogens with zero attached hydrogens (tertiary/aromatic N) is 2. The van der Waals surface area contributed by atoms with Crippen molar-refractivity contribution in [3.05, 3.63) is 29.6 Å². The lowest BCUT2D eigenvalue weighted by atomic mass is 9.93. The van der Waals surface area contributed by atoms with Crippen LogP contribution >= 0.6 is 0 Å². The Morgan fingerprint density at radius 1 is 1.53 bits per heavy atom. The van der Waals surface area contributed by atoms with Crippen LogP contribution in [0.2, 0.25) is 0 Å². The fourth-order valence-electron chi connectivity index (χ4n) is 3.07. The highest BCUT2D eigenvalue weighted by Crippen LogP contribution is 2.21. The van der Waals surface area contributed by atoms with Gasteiger partial charge in [0, 0.05) is 31.4 Å². The van der Waals surface area contributed by atoms with Gasteiger partial charge in [0.15, 0.2) is 0 Å². The topological polar surface area (TPSA) is 45.2 Å². The lowest BCUT2D eigenvalue weighted by Gasteiger charge is -2.34. The zero-order valence-corrected chi connectivity index (χ0v) is 11.4. The van der Waals surface area contributed by atoms with Crippen molar-refractivity contribution in [3.8, 4) is 0 Å². The van der Waals surface area contributed by atoms with Gasteiger partial charge in [-0.3, -0.25) is 9.78 Å². The molecule has 19 heavy (non-hydrogen) atoms. The van der Waals surface area contributed by atoms with Gasteiger partial charge in [-0.05, 0) is 36.9 Å². The Hall–Kier alpha value is -1.42. The maximum absolute atomic E-state index is 12.6. The average Bonchev–Trinajstić information content (AvgIpc) is 2.46. The number of pyridine rings is 1. The number of rotatable bonds is 1. The summed E-state index contributed by atoms with van der Waals surface area (Å²) in [5.41, 5.74) is 2.35. The second-order valence-electron chi connectivity index (χ2n) is 5.76. The van der Waals surface area contributed by atoms with E-state index in [9.17, 15) is 4.79 Å². The van der Waals surface area contributed by atoms with E-state index in [0.29, 0.717) is 12.5 Å². The van der Waals surface area contributed by atoms with E-state index < -0.39 is 0 Å². The summed E-state index contributed by atoms with van der Waals surface area (Å²) in [6.45, 7) is 4.71. The Balaban J connectivity index is 1.69. The summed E-state index contributed by atoms with van der Waals surface area (Å²) in [4.78, 5) is 18.9. The minimum atomic E-state index is 0.0157. The molecule has 102 valence electrons. The molecular weight excluding hydrogens is 238 g/mol. The fraction of sp³-hybridized carbons (Fsp3) is 0.600. The summed E-state index contributed by atoms with van der Waals surface area (Å²) in [6, 6.07) is 4.05. The van der Waals surface area contributed by atoms with Gasteiger partial charge in [0.05, 0.1) is 6.04 Å². The molecule has 0 saturated carbocycles. The van der Waals surface area contributed by atoms with Crippen LogP contribution in [0.3, 0.4) is 0 Å². The van der Waals surface area contributed by atoms with Gasteiger partial charge >= 0.3 is 0 Å². The lowest BCUT2D eigenvalue weighted by molar-refractivity contribution is -0.135. The Kier molecular flexibility index (Phi) is 3.51. The minimum Gasteiger partial charge on any atom is -0.337 e. The third-order valence-corrected chi connectivity index (χ3v) is 4.24. The zero-order chi connectivity index (χ0) is 13.2. The largest absolute Gasteiger partial charge is 0.337 e. The van der Waals surface area contributed by atoms with Crippen molar-refractivity contribution in [2.45, 2.75) is 38.8 Å². The lowest BCUT2D eigenvalue weighted by Crippen LogP contribution is -2.51. The van der Waals surface area contributed by atoms with Crippen LogP contribution in [0.25, 0.3) is 0 Å². The van der Waals surface area contributed by atoms with Crippen LogP contribution in [0, 0.1) is 5.92 Å². The number of carbonyl (C=O) groups is 1. The highest BCUT2D eigenvalue weighted by atomic mass is 16.2. The maximum atomic E-state index is 12.6. The number of aromatic nitrogens is 1. The quantitative estimate of drug-likeness (QED) is 0.828. The van der Waals surface area contributed by atoms with Crippen LogP contribution in [0.15, 0.2) is 18.3 Å². The first-order valence-corrected chi connectivity index (χ1v) is 7.19. The molecular formula is C15H21N3O. The number of amides is 1. The highest BCUT2D eigenvalue weighted by molar-refractivity contribution is 5.82. The molecule has 0 aliphatic carbocycles. The van der Waals surface area contributed by atoms with Crippen molar-refractivity contribution in [3.63, 3.8) is 0 Å². The van der Waals surface area contributed by atoms with Crippen molar-refractivity contribution in [2.75, 3.05) is 13.1 Å². The molecule has 1 saturated heterocycles. The van der Waals surface area contributed by atoms with Gasteiger partial charge in [-0.25, -0.2) is 0 Å². The minimum absolute atomic E-state index is 0.0157. The van der Waals surface area contributed by atoms with Crippen LogP contribution in [0.4, 0.5) is 0 Å². The summed E-state index contributed by atoms with van der Waals surface area (Å²) in [5, 5.41) is 3.36. The molecule has 2 aliphatic heterocycles. The Morgan fingerprint density at radius 3 is 3.26 bits per heavy atom. The highest BCUT2D eigenvalue weighted by Gasteiger charge is 2.30. The Morgan fingerprint density at radius 2 is 2.42 bits per heavy atom. The van der Waals surface area contributed by atoms with Crippen LogP contribution in [0.5, 0.6) is 0 Å². The number of hydrogen-bond donors (Lipinski definition) is 1. The summed E-state index contributed by atoms with van der Waals surface area (Å²) in [7, 11) is 0. The molecule has 1 fully saturated rings. The average molecular weight is 259 g/mol. The molecule has 1 aromatic heterocycles. The third-order valence-electron chi connectivity index (χ3n) is 4.24. The molecule has 2 unspecified atom stereocenters. The third kappa shape index (κ3) is 2.63. The summed E-state index contributed by atoms with van der Waals surface area (Å²) in [5.74, 6) is 0.912. The fourth-order valence-corrected chi connectivity index (χ4v) is 3.07. The van der Waals surface area contributed by atoms with E-state index in [0.717, 1.165) is 31.6 Å². The predicted octanol–water partition coefficient (Wildman–Crippen LogP) is 1.35. The normalized spacial score (nSPS) is 26.9. The van der Waals surface area contributed by atoms with E-state index in [-0.39, 0.29) is 11.9 Å². The van der Waals surface area contributed by atoms with E-state index >= 15 is 0 Å². The molecule has 1 aromatic rings. The van der Waals surface area contributed by atoms with Crippen molar-refractivity contribution in [1.82, 2.24) is 15.2 Å². The molecule has 1 N–H and O–H groups in total. The molecule has 0 aromatic carbocycles. The van der Waals surface area contributed by atoms with Gasteiger partial charge in [-0.15, -0.1) is 0 Å². The van der Waals surface area contributed by atoms with Gasteiger partial charge in [0.25, 0.3) is 0 Å². The van der Waals surface area contributed by atoms with Gasteiger partial charge in [-0.1, -0.05) is 13.0 Å². The first-order chi connectivity index (χ1) is 9.24. The van der Waals surface area contributed by atoms with Gasteiger partial charge < -0.3 is 10.2 Å². The van der Waals surface area contributed by atoms with Crippen LogP contribution in [0.1, 0.15) is 31.0 Å². The van der Waals surface area contributed by atoms with Gasteiger partial charge in [0.2, 0.25) is 5.91 Å². The molecule has 3 heterocycles. The molecule has 4 nitrogen and oxygen atoms in total. The molecule has 0 spiro atoms. The second kappa shape index (κ2) is 5.29. The molecule has 0 radical (unpaired) electrons. The van der Waals surface area contributed by atoms with E-state index in [4.69, 9.17) is 0 Å². The number of carbonyl (C=O) groups excluding carboxylic acids is 1. The smallest absolute Gasteiger partial charge is 0.240 e. The Labute approximate surface area is 114 Å². The molecule has 4 heteroatoms. The van der Waals surface area contributed by atoms with Crippen LogP contribution < -0.4 is 5.32 Å². The number of piperidine rings is 1. The first kappa shape index (κ1) is 12.6. The van der Waals surface area contributed by atoms with Crippen LogP contribution in [-0.4, -0.2) is 34.9 Å².